The van der Waals surface area contributed by atoms with Crippen molar-refractivity contribution >= 4 is 23.4 Å². The maximum Gasteiger partial charge on any atom is 0.196 e. The normalized spacial score (nSPS) is 10.9. The quantitative estimate of drug-likeness (QED) is 0.347. The predicted molar refractivity (Wildman–Crippen MR) is 119 cm³/mol. The van der Waals surface area contributed by atoms with E-state index in [4.69, 9.17) is 16.3 Å². The summed E-state index contributed by atoms with van der Waals surface area (Å²) in [5.74, 6) is 2.36. The lowest BCUT2D eigenvalue weighted by Crippen LogP contribution is -2.00. The van der Waals surface area contributed by atoms with Crippen LogP contribution >= 0.6 is 23.4 Å². The van der Waals surface area contributed by atoms with Gasteiger partial charge in [0.2, 0.25) is 0 Å². The molecule has 4 aromatic rings. The van der Waals surface area contributed by atoms with Crippen molar-refractivity contribution in [3.8, 4) is 22.8 Å². The minimum atomic E-state index is 0.653. The maximum atomic E-state index is 6.45. The van der Waals surface area contributed by atoms with Gasteiger partial charge in [-0.3, -0.25) is 4.57 Å². The lowest BCUT2D eigenvalue weighted by Gasteiger charge is -2.11. The fourth-order valence-electron chi connectivity index (χ4n) is 2.98. The van der Waals surface area contributed by atoms with Crippen LogP contribution in [0.4, 0.5) is 0 Å². The Bertz CT molecular complexity index is 1110. The van der Waals surface area contributed by atoms with Gasteiger partial charge in [0.1, 0.15) is 5.75 Å². The van der Waals surface area contributed by atoms with Crippen LogP contribution in [0.3, 0.4) is 0 Å². The molecule has 29 heavy (non-hydrogen) atoms. The van der Waals surface area contributed by atoms with E-state index in [1.165, 1.54) is 11.1 Å². The lowest BCUT2D eigenvalue weighted by molar-refractivity contribution is 0.414. The summed E-state index contributed by atoms with van der Waals surface area (Å²) in [6, 6.07) is 24.1. The van der Waals surface area contributed by atoms with Gasteiger partial charge in [-0.2, -0.15) is 0 Å². The number of ether oxygens (including phenoxy) is 1. The summed E-state index contributed by atoms with van der Waals surface area (Å²) in [5, 5.41) is 10.4. The number of thioether (sulfide) groups is 1. The molecule has 1 heterocycles. The van der Waals surface area contributed by atoms with Crippen LogP contribution in [-0.2, 0) is 5.75 Å². The Morgan fingerprint density at radius 2 is 1.66 bits per heavy atom. The second-order valence-electron chi connectivity index (χ2n) is 6.59. The first-order chi connectivity index (χ1) is 14.2. The summed E-state index contributed by atoms with van der Waals surface area (Å²) >= 11 is 8.09. The van der Waals surface area contributed by atoms with E-state index in [-0.39, 0.29) is 0 Å². The minimum absolute atomic E-state index is 0.653. The minimum Gasteiger partial charge on any atom is -0.497 e. The van der Waals surface area contributed by atoms with Gasteiger partial charge in [0, 0.05) is 17.0 Å². The molecule has 1 aromatic heterocycles. The molecule has 0 spiro atoms. The van der Waals surface area contributed by atoms with E-state index in [1.807, 2.05) is 36.4 Å². The van der Waals surface area contributed by atoms with Crippen LogP contribution in [0, 0.1) is 6.92 Å². The molecule has 0 aliphatic carbocycles. The highest BCUT2D eigenvalue weighted by atomic mass is 35.5. The van der Waals surface area contributed by atoms with Gasteiger partial charge >= 0.3 is 0 Å². The van der Waals surface area contributed by atoms with Gasteiger partial charge < -0.3 is 4.74 Å². The topological polar surface area (TPSA) is 39.9 Å². The van der Waals surface area contributed by atoms with Gasteiger partial charge in [-0.1, -0.05) is 65.3 Å². The van der Waals surface area contributed by atoms with Crippen LogP contribution in [0.25, 0.3) is 17.1 Å². The average molecular weight is 422 g/mol. The van der Waals surface area contributed by atoms with Crippen molar-refractivity contribution in [2.24, 2.45) is 0 Å². The van der Waals surface area contributed by atoms with Crippen LogP contribution < -0.4 is 4.74 Å². The fraction of sp³-hybridized carbons (Fsp3) is 0.130. The van der Waals surface area contributed by atoms with Crippen LogP contribution in [0.15, 0.2) is 78.0 Å². The van der Waals surface area contributed by atoms with Crippen molar-refractivity contribution in [1.82, 2.24) is 14.8 Å². The molecule has 0 aliphatic rings. The molecule has 0 bridgehead atoms. The summed E-state index contributed by atoms with van der Waals surface area (Å²) < 4.78 is 7.30. The number of methoxy groups -OCH3 is 1. The van der Waals surface area contributed by atoms with Crippen molar-refractivity contribution in [2.45, 2.75) is 17.8 Å². The summed E-state index contributed by atoms with van der Waals surface area (Å²) in [6.07, 6.45) is 0. The summed E-state index contributed by atoms with van der Waals surface area (Å²) in [7, 11) is 1.67. The van der Waals surface area contributed by atoms with E-state index in [1.54, 1.807) is 18.9 Å². The Hall–Kier alpha value is -2.76. The number of benzene rings is 3. The second kappa shape index (κ2) is 8.72. The molecule has 3 aromatic carbocycles. The van der Waals surface area contributed by atoms with Gasteiger partial charge in [-0.25, -0.2) is 0 Å². The number of hydrogen-bond acceptors (Lipinski definition) is 4. The molecule has 146 valence electrons. The summed E-state index contributed by atoms with van der Waals surface area (Å²) in [5.41, 5.74) is 4.26. The zero-order chi connectivity index (χ0) is 20.2. The third-order valence-electron chi connectivity index (χ3n) is 4.57. The molecule has 0 amide bonds. The van der Waals surface area contributed by atoms with Crippen molar-refractivity contribution in [1.29, 1.82) is 0 Å². The highest BCUT2D eigenvalue weighted by Crippen LogP contribution is 2.33. The number of halogens is 1. The zero-order valence-electron chi connectivity index (χ0n) is 16.2. The van der Waals surface area contributed by atoms with E-state index < -0.39 is 0 Å². The van der Waals surface area contributed by atoms with Gasteiger partial charge in [0.05, 0.1) is 12.1 Å². The van der Waals surface area contributed by atoms with Crippen molar-refractivity contribution in [3.63, 3.8) is 0 Å². The van der Waals surface area contributed by atoms with Crippen molar-refractivity contribution < 1.29 is 4.74 Å². The average Bonchev–Trinajstić information content (AvgIpc) is 3.17. The Kier molecular flexibility index (Phi) is 5.88. The lowest BCUT2D eigenvalue weighted by atomic mass is 10.2. The Labute approximate surface area is 179 Å². The third-order valence-corrected chi connectivity index (χ3v) is 5.90. The van der Waals surface area contributed by atoms with Gasteiger partial charge in [0.15, 0.2) is 11.0 Å². The van der Waals surface area contributed by atoms with Crippen LogP contribution in [0.1, 0.15) is 11.1 Å². The molecule has 0 aliphatic heterocycles. The Morgan fingerprint density at radius 1 is 0.931 bits per heavy atom. The number of rotatable bonds is 6. The molecule has 0 unspecified atom stereocenters. The third kappa shape index (κ3) is 4.31. The van der Waals surface area contributed by atoms with E-state index >= 15 is 0 Å². The Morgan fingerprint density at radius 3 is 2.34 bits per heavy atom. The van der Waals surface area contributed by atoms with E-state index in [0.717, 1.165) is 33.7 Å². The predicted octanol–water partition coefficient (Wildman–Crippen LogP) is 6.20. The second-order valence-corrected chi connectivity index (χ2v) is 7.94. The van der Waals surface area contributed by atoms with Gasteiger partial charge in [0.25, 0.3) is 0 Å². The molecule has 4 rings (SSSR count). The highest BCUT2D eigenvalue weighted by Gasteiger charge is 2.18. The van der Waals surface area contributed by atoms with Crippen LogP contribution in [0.5, 0.6) is 5.75 Å². The molecule has 0 fully saturated rings. The first-order valence-corrected chi connectivity index (χ1v) is 10.5. The van der Waals surface area contributed by atoms with Crippen molar-refractivity contribution in [2.75, 3.05) is 7.11 Å². The van der Waals surface area contributed by atoms with E-state index in [9.17, 15) is 0 Å². The highest BCUT2D eigenvalue weighted by molar-refractivity contribution is 7.98. The molecule has 6 heteroatoms. The molecule has 0 N–H and O–H groups in total. The molecular weight excluding hydrogens is 402 g/mol. The smallest absolute Gasteiger partial charge is 0.196 e. The van der Waals surface area contributed by atoms with Crippen LogP contribution in [-0.4, -0.2) is 21.9 Å². The number of nitrogens with zero attached hydrogens (tertiary/aromatic N) is 3. The molecule has 4 nitrogen and oxygen atoms in total. The monoisotopic (exact) mass is 421 g/mol. The standard InChI is InChI=1S/C23H20ClN3OS/c1-16-7-11-18(12-8-16)27-22(20-5-3-4-6-21(20)24)25-26-23(27)29-15-17-9-13-19(28-2)14-10-17/h3-14H,15H2,1-2H3. The SMILES string of the molecule is COc1ccc(CSc2nnc(-c3ccccc3Cl)n2-c2ccc(C)cc2)cc1. The maximum absolute atomic E-state index is 6.45. The van der Waals surface area contributed by atoms with Gasteiger partial charge in [-0.15, -0.1) is 10.2 Å². The molecular formula is C23H20ClN3OS. The zero-order valence-corrected chi connectivity index (χ0v) is 17.7. The van der Waals surface area contributed by atoms with E-state index in [2.05, 4.69) is 58.1 Å². The van der Waals surface area contributed by atoms with Crippen LogP contribution in [0.2, 0.25) is 5.02 Å². The molecule has 0 saturated heterocycles. The number of aryl methyl sites for hydroxylation is 1. The molecule has 0 radical (unpaired) electrons. The molecule has 0 atom stereocenters. The number of hydrogen-bond donors (Lipinski definition) is 0. The van der Waals surface area contributed by atoms with Crippen molar-refractivity contribution in [3.05, 3.63) is 88.9 Å². The number of aromatic nitrogens is 3. The van der Waals surface area contributed by atoms with Gasteiger partial charge in [-0.05, 0) is 48.9 Å². The first-order valence-electron chi connectivity index (χ1n) is 9.19. The Balaban J connectivity index is 1.71. The van der Waals surface area contributed by atoms with E-state index in [0.29, 0.717) is 5.02 Å². The first kappa shape index (κ1) is 19.6. The summed E-state index contributed by atoms with van der Waals surface area (Å²) in [4.78, 5) is 0. The summed E-state index contributed by atoms with van der Waals surface area (Å²) in [6.45, 7) is 2.07. The fourth-order valence-corrected chi connectivity index (χ4v) is 4.10. The molecule has 0 saturated carbocycles. The largest absolute Gasteiger partial charge is 0.497 e.